The van der Waals surface area contributed by atoms with Crippen LogP contribution in [0.4, 0.5) is 0 Å². The third-order valence-corrected chi connectivity index (χ3v) is 2.67. The monoisotopic (exact) mass is 254 g/mol. The minimum atomic E-state index is 0.565. The molecule has 0 bridgehead atoms. The van der Waals surface area contributed by atoms with Gasteiger partial charge in [0.15, 0.2) is 5.82 Å². The molecule has 1 heterocycles. The van der Waals surface area contributed by atoms with Gasteiger partial charge in [-0.1, -0.05) is 11.6 Å². The van der Waals surface area contributed by atoms with Gasteiger partial charge in [-0.15, -0.1) is 0 Å². The number of aromatic amines is 1. The number of H-pyrrole nitrogens is 1. The molecule has 0 fully saturated rings. The van der Waals surface area contributed by atoms with Gasteiger partial charge in [0.2, 0.25) is 4.77 Å². The Morgan fingerprint density at radius 2 is 1.94 bits per heavy atom. The van der Waals surface area contributed by atoms with Crippen molar-refractivity contribution in [2.75, 3.05) is 19.1 Å². The van der Waals surface area contributed by atoms with E-state index in [1.54, 1.807) is 0 Å². The van der Waals surface area contributed by atoms with Crippen LogP contribution in [0.25, 0.3) is 11.4 Å². The Kier molecular flexibility index (Phi) is 2.98. The van der Waals surface area contributed by atoms with Crippen LogP contribution in [-0.2, 0) is 0 Å². The van der Waals surface area contributed by atoms with Crippen LogP contribution in [0.15, 0.2) is 24.3 Å². The number of nitrogens with one attached hydrogen (secondary N) is 1. The van der Waals surface area contributed by atoms with Crippen LogP contribution in [0, 0.1) is 4.77 Å². The molecule has 0 aliphatic rings. The molecule has 0 saturated heterocycles. The van der Waals surface area contributed by atoms with Crippen LogP contribution in [0.1, 0.15) is 0 Å². The second-order valence-electron chi connectivity index (χ2n) is 3.52. The first-order chi connectivity index (χ1) is 7.59. The molecule has 0 unspecified atom stereocenters. The molecule has 2 rings (SSSR count). The van der Waals surface area contributed by atoms with Gasteiger partial charge in [-0.2, -0.15) is 5.10 Å². The lowest BCUT2D eigenvalue weighted by atomic mass is 10.2. The Balaban J connectivity index is 2.56. The fourth-order valence-corrected chi connectivity index (χ4v) is 1.87. The summed E-state index contributed by atoms with van der Waals surface area (Å²) in [6, 6.07) is 7.48. The van der Waals surface area contributed by atoms with Gasteiger partial charge in [-0.05, 0) is 36.5 Å². The molecule has 0 aliphatic carbocycles. The van der Waals surface area contributed by atoms with E-state index < -0.39 is 0 Å². The maximum atomic E-state index is 5.84. The molecule has 0 saturated carbocycles. The fourth-order valence-electron chi connectivity index (χ4n) is 1.45. The summed E-state index contributed by atoms with van der Waals surface area (Å²) >= 11 is 11.0. The van der Waals surface area contributed by atoms with Crippen molar-refractivity contribution in [1.82, 2.24) is 14.9 Å². The number of nitrogens with zero attached hydrogens (tertiary/aromatic N) is 3. The zero-order valence-corrected chi connectivity index (χ0v) is 10.5. The highest BCUT2D eigenvalue weighted by Gasteiger charge is 2.09. The quantitative estimate of drug-likeness (QED) is 0.837. The van der Waals surface area contributed by atoms with E-state index in [2.05, 4.69) is 10.2 Å². The predicted molar refractivity (Wildman–Crippen MR) is 67.9 cm³/mol. The second kappa shape index (κ2) is 4.27. The van der Waals surface area contributed by atoms with E-state index >= 15 is 0 Å². The smallest absolute Gasteiger partial charge is 0.214 e. The van der Waals surface area contributed by atoms with Crippen molar-refractivity contribution in [3.05, 3.63) is 34.1 Å². The zero-order valence-electron chi connectivity index (χ0n) is 8.94. The maximum absolute atomic E-state index is 5.84. The molecule has 1 N–H and O–H groups in total. The lowest BCUT2D eigenvalue weighted by molar-refractivity contribution is 0.725. The Hall–Kier alpha value is -1.33. The van der Waals surface area contributed by atoms with Gasteiger partial charge in [0, 0.05) is 24.7 Å². The molecule has 4 nitrogen and oxygen atoms in total. The molecule has 1 aromatic carbocycles. The van der Waals surface area contributed by atoms with Crippen molar-refractivity contribution in [2.45, 2.75) is 0 Å². The topological polar surface area (TPSA) is 36.9 Å². The molecular weight excluding hydrogens is 244 g/mol. The lowest BCUT2D eigenvalue weighted by Crippen LogP contribution is -2.25. The molecule has 0 radical (unpaired) electrons. The van der Waals surface area contributed by atoms with Crippen molar-refractivity contribution >= 4 is 23.8 Å². The van der Waals surface area contributed by atoms with Gasteiger partial charge < -0.3 is 5.01 Å². The third kappa shape index (κ3) is 1.96. The summed E-state index contributed by atoms with van der Waals surface area (Å²) in [5.41, 5.74) is 0.963. The highest BCUT2D eigenvalue weighted by Crippen LogP contribution is 2.19. The first-order valence-corrected chi connectivity index (χ1v) is 5.49. The van der Waals surface area contributed by atoms with E-state index in [4.69, 9.17) is 23.8 Å². The standard InChI is InChI=1S/C10H11ClN4S/c1-14(2)15-9(12-13-10(15)16)7-3-5-8(11)6-4-7/h3-6H,1-2H3,(H,13,16). The average molecular weight is 255 g/mol. The van der Waals surface area contributed by atoms with Crippen LogP contribution in [0.3, 0.4) is 0 Å². The van der Waals surface area contributed by atoms with E-state index in [0.29, 0.717) is 9.79 Å². The highest BCUT2D eigenvalue weighted by atomic mass is 35.5. The summed E-state index contributed by atoms with van der Waals surface area (Å²) in [7, 11) is 3.81. The number of hydrogen-bond acceptors (Lipinski definition) is 3. The number of benzene rings is 1. The van der Waals surface area contributed by atoms with Crippen molar-refractivity contribution in [2.24, 2.45) is 0 Å². The molecule has 1 aromatic heterocycles. The van der Waals surface area contributed by atoms with Crippen molar-refractivity contribution in [3.8, 4) is 11.4 Å². The van der Waals surface area contributed by atoms with Gasteiger partial charge in [0.05, 0.1) is 0 Å². The van der Waals surface area contributed by atoms with Gasteiger partial charge in [0.1, 0.15) is 0 Å². The number of hydrogen-bond donors (Lipinski definition) is 1. The lowest BCUT2D eigenvalue weighted by Gasteiger charge is -2.15. The Labute approximate surface area is 103 Å². The molecular formula is C10H11ClN4S. The van der Waals surface area contributed by atoms with E-state index in [-0.39, 0.29) is 0 Å². The predicted octanol–water partition coefficient (Wildman–Crippen LogP) is 2.46. The van der Waals surface area contributed by atoms with E-state index in [0.717, 1.165) is 11.4 Å². The van der Waals surface area contributed by atoms with Crippen LogP contribution >= 0.6 is 23.8 Å². The molecule has 84 valence electrons. The molecule has 0 aliphatic heterocycles. The minimum Gasteiger partial charge on any atom is -0.315 e. The minimum absolute atomic E-state index is 0.565. The fraction of sp³-hybridized carbons (Fsp3) is 0.200. The summed E-state index contributed by atoms with van der Waals surface area (Å²) in [5, 5.41) is 9.54. The molecule has 0 spiro atoms. The number of aromatic nitrogens is 3. The summed E-state index contributed by atoms with van der Waals surface area (Å²) in [6.07, 6.45) is 0. The highest BCUT2D eigenvalue weighted by molar-refractivity contribution is 7.71. The van der Waals surface area contributed by atoms with Crippen molar-refractivity contribution in [1.29, 1.82) is 0 Å². The van der Waals surface area contributed by atoms with E-state index in [9.17, 15) is 0 Å². The first kappa shape index (κ1) is 11.2. The molecule has 16 heavy (non-hydrogen) atoms. The van der Waals surface area contributed by atoms with Crippen LogP contribution in [-0.4, -0.2) is 29.0 Å². The van der Waals surface area contributed by atoms with Crippen LogP contribution in [0.2, 0.25) is 5.02 Å². The van der Waals surface area contributed by atoms with Crippen LogP contribution < -0.4 is 5.01 Å². The summed E-state index contributed by atoms with van der Waals surface area (Å²) in [6.45, 7) is 0. The molecule has 0 atom stereocenters. The van der Waals surface area contributed by atoms with Gasteiger partial charge >= 0.3 is 0 Å². The van der Waals surface area contributed by atoms with Gasteiger partial charge in [-0.3, -0.25) is 0 Å². The van der Waals surface area contributed by atoms with Crippen molar-refractivity contribution < 1.29 is 0 Å². The van der Waals surface area contributed by atoms with Crippen LogP contribution in [0.5, 0.6) is 0 Å². The first-order valence-electron chi connectivity index (χ1n) is 4.70. The Morgan fingerprint density at radius 3 is 2.50 bits per heavy atom. The maximum Gasteiger partial charge on any atom is 0.214 e. The normalized spacial score (nSPS) is 10.4. The third-order valence-electron chi connectivity index (χ3n) is 2.15. The summed E-state index contributed by atoms with van der Waals surface area (Å²) in [4.78, 5) is 0. The van der Waals surface area contributed by atoms with E-state index in [1.165, 1.54) is 0 Å². The van der Waals surface area contributed by atoms with Gasteiger partial charge in [0.25, 0.3) is 0 Å². The largest absolute Gasteiger partial charge is 0.315 e. The van der Waals surface area contributed by atoms with Gasteiger partial charge in [-0.25, -0.2) is 9.77 Å². The van der Waals surface area contributed by atoms with Crippen molar-refractivity contribution in [3.63, 3.8) is 0 Å². The number of rotatable bonds is 2. The zero-order chi connectivity index (χ0) is 11.7. The van der Waals surface area contributed by atoms with E-state index in [1.807, 2.05) is 48.0 Å². The number of halogens is 1. The summed E-state index contributed by atoms with van der Waals surface area (Å²) < 4.78 is 2.38. The average Bonchev–Trinajstić information content (AvgIpc) is 2.61. The summed E-state index contributed by atoms with van der Waals surface area (Å²) in [5.74, 6) is 0.770. The molecule has 2 aromatic rings. The SMILES string of the molecule is CN(C)n1c(-c2ccc(Cl)cc2)n[nH]c1=S. The Bertz CT molecular complexity index is 541. The molecule has 0 amide bonds. The second-order valence-corrected chi connectivity index (χ2v) is 4.34. The Morgan fingerprint density at radius 1 is 1.31 bits per heavy atom. The molecule has 6 heteroatoms.